The van der Waals surface area contributed by atoms with Gasteiger partial charge in [0.1, 0.15) is 5.75 Å². The van der Waals surface area contributed by atoms with Gasteiger partial charge in [-0.2, -0.15) is 0 Å². The Morgan fingerprint density at radius 3 is 2.85 bits per heavy atom. The van der Waals surface area contributed by atoms with Crippen molar-refractivity contribution < 1.29 is 14.6 Å². The van der Waals surface area contributed by atoms with E-state index >= 15 is 0 Å². The van der Waals surface area contributed by atoms with E-state index in [-0.39, 0.29) is 17.9 Å². The normalized spacial score (nSPS) is 13.6. The molecular formula is C15H24N2O3. The SMILES string of the molecule is COc1cncc(CCC(=O)NCC(C)CC(C)O)c1. The summed E-state index contributed by atoms with van der Waals surface area (Å²) < 4.78 is 5.09. The summed E-state index contributed by atoms with van der Waals surface area (Å²) in [6, 6.07) is 1.89. The molecular weight excluding hydrogens is 256 g/mol. The van der Waals surface area contributed by atoms with E-state index in [1.165, 1.54) is 0 Å². The van der Waals surface area contributed by atoms with E-state index in [1.54, 1.807) is 26.4 Å². The molecule has 0 radical (unpaired) electrons. The molecule has 2 N–H and O–H groups in total. The molecule has 0 aliphatic rings. The molecule has 1 aromatic rings. The maximum atomic E-state index is 11.7. The zero-order chi connectivity index (χ0) is 15.0. The van der Waals surface area contributed by atoms with Crippen molar-refractivity contribution in [1.29, 1.82) is 0 Å². The van der Waals surface area contributed by atoms with Crippen molar-refractivity contribution in [3.8, 4) is 5.75 Å². The number of aromatic nitrogens is 1. The van der Waals surface area contributed by atoms with E-state index in [0.717, 1.165) is 5.56 Å². The molecule has 20 heavy (non-hydrogen) atoms. The van der Waals surface area contributed by atoms with Gasteiger partial charge in [0.25, 0.3) is 0 Å². The summed E-state index contributed by atoms with van der Waals surface area (Å²) in [6.07, 6.45) is 4.81. The summed E-state index contributed by atoms with van der Waals surface area (Å²) in [7, 11) is 1.59. The van der Waals surface area contributed by atoms with Crippen molar-refractivity contribution in [2.24, 2.45) is 5.92 Å². The van der Waals surface area contributed by atoms with Crippen LogP contribution in [0.4, 0.5) is 0 Å². The molecule has 0 fully saturated rings. The molecule has 1 aromatic heterocycles. The molecule has 2 atom stereocenters. The number of aliphatic hydroxyl groups excluding tert-OH is 1. The van der Waals surface area contributed by atoms with Crippen molar-refractivity contribution in [2.45, 2.75) is 39.2 Å². The maximum Gasteiger partial charge on any atom is 0.220 e. The lowest BCUT2D eigenvalue weighted by atomic mass is 10.0. The quantitative estimate of drug-likeness (QED) is 0.758. The van der Waals surface area contributed by atoms with Gasteiger partial charge in [-0.15, -0.1) is 0 Å². The van der Waals surface area contributed by atoms with Crippen molar-refractivity contribution in [1.82, 2.24) is 10.3 Å². The van der Waals surface area contributed by atoms with Crippen LogP contribution >= 0.6 is 0 Å². The molecule has 2 unspecified atom stereocenters. The molecule has 5 heteroatoms. The first kappa shape index (κ1) is 16.4. The van der Waals surface area contributed by atoms with Gasteiger partial charge in [0.2, 0.25) is 5.91 Å². The summed E-state index contributed by atoms with van der Waals surface area (Å²) in [4.78, 5) is 15.8. The van der Waals surface area contributed by atoms with Crippen LogP contribution < -0.4 is 10.1 Å². The molecule has 0 aromatic carbocycles. The molecule has 0 bridgehead atoms. The Morgan fingerprint density at radius 2 is 2.20 bits per heavy atom. The average Bonchev–Trinajstić information content (AvgIpc) is 2.42. The zero-order valence-corrected chi connectivity index (χ0v) is 12.4. The number of pyridine rings is 1. The van der Waals surface area contributed by atoms with Crippen LogP contribution in [0, 0.1) is 5.92 Å². The van der Waals surface area contributed by atoms with Crippen LogP contribution in [0.2, 0.25) is 0 Å². The number of carbonyl (C=O) groups is 1. The highest BCUT2D eigenvalue weighted by atomic mass is 16.5. The number of nitrogens with one attached hydrogen (secondary N) is 1. The Bertz CT molecular complexity index is 421. The minimum absolute atomic E-state index is 0.0188. The number of rotatable bonds is 8. The van der Waals surface area contributed by atoms with Crippen LogP contribution in [0.15, 0.2) is 18.5 Å². The predicted molar refractivity (Wildman–Crippen MR) is 77.6 cm³/mol. The number of hydrogen-bond acceptors (Lipinski definition) is 4. The van der Waals surface area contributed by atoms with Gasteiger partial charge in [0.05, 0.1) is 19.4 Å². The van der Waals surface area contributed by atoms with Gasteiger partial charge in [0.15, 0.2) is 0 Å². The minimum atomic E-state index is -0.329. The monoisotopic (exact) mass is 280 g/mol. The molecule has 5 nitrogen and oxygen atoms in total. The Hall–Kier alpha value is -1.62. The predicted octanol–water partition coefficient (Wildman–Crippen LogP) is 1.55. The van der Waals surface area contributed by atoms with Crippen LogP contribution in [0.3, 0.4) is 0 Å². The maximum absolute atomic E-state index is 11.7. The Kier molecular flexibility index (Phi) is 7.01. The van der Waals surface area contributed by atoms with E-state index < -0.39 is 0 Å². The lowest BCUT2D eigenvalue weighted by Gasteiger charge is -2.14. The topological polar surface area (TPSA) is 71.5 Å². The van der Waals surface area contributed by atoms with Crippen LogP contribution in [-0.4, -0.2) is 35.8 Å². The van der Waals surface area contributed by atoms with Crippen molar-refractivity contribution >= 4 is 5.91 Å². The van der Waals surface area contributed by atoms with Crippen LogP contribution in [0.5, 0.6) is 5.75 Å². The van der Waals surface area contributed by atoms with E-state index in [4.69, 9.17) is 4.74 Å². The van der Waals surface area contributed by atoms with Crippen LogP contribution in [0.1, 0.15) is 32.3 Å². The average molecular weight is 280 g/mol. The summed E-state index contributed by atoms with van der Waals surface area (Å²) >= 11 is 0. The fourth-order valence-electron chi connectivity index (χ4n) is 2.01. The largest absolute Gasteiger partial charge is 0.495 e. The highest BCUT2D eigenvalue weighted by molar-refractivity contribution is 5.76. The van der Waals surface area contributed by atoms with Gasteiger partial charge < -0.3 is 15.2 Å². The number of carbonyl (C=O) groups excluding carboxylic acids is 1. The van der Waals surface area contributed by atoms with Gasteiger partial charge in [-0.25, -0.2) is 0 Å². The second kappa shape index (κ2) is 8.53. The number of hydrogen-bond donors (Lipinski definition) is 2. The Morgan fingerprint density at radius 1 is 1.45 bits per heavy atom. The molecule has 1 rings (SSSR count). The lowest BCUT2D eigenvalue weighted by molar-refractivity contribution is -0.121. The van der Waals surface area contributed by atoms with Gasteiger partial charge in [-0.05, 0) is 37.3 Å². The molecule has 0 saturated carbocycles. The standard InChI is InChI=1S/C15H24N2O3/c1-11(6-12(2)18)8-17-15(19)5-4-13-7-14(20-3)10-16-9-13/h7,9-12,18H,4-6,8H2,1-3H3,(H,17,19). The van der Waals surface area contributed by atoms with E-state index in [9.17, 15) is 9.90 Å². The van der Waals surface area contributed by atoms with E-state index in [0.29, 0.717) is 31.6 Å². The molecule has 0 aliphatic heterocycles. The number of nitrogens with zero attached hydrogens (tertiary/aromatic N) is 1. The second-order valence-electron chi connectivity index (χ2n) is 5.23. The first-order valence-electron chi connectivity index (χ1n) is 6.94. The third-order valence-electron chi connectivity index (χ3n) is 3.04. The van der Waals surface area contributed by atoms with Gasteiger partial charge >= 0.3 is 0 Å². The highest BCUT2D eigenvalue weighted by Crippen LogP contribution is 2.11. The van der Waals surface area contributed by atoms with E-state index in [1.807, 2.05) is 13.0 Å². The Labute approximate surface area is 120 Å². The fourth-order valence-corrected chi connectivity index (χ4v) is 2.01. The summed E-state index contributed by atoms with van der Waals surface area (Å²) in [5.74, 6) is 0.996. The smallest absolute Gasteiger partial charge is 0.220 e. The number of ether oxygens (including phenoxy) is 1. The minimum Gasteiger partial charge on any atom is -0.495 e. The van der Waals surface area contributed by atoms with Gasteiger partial charge in [-0.1, -0.05) is 6.92 Å². The van der Waals surface area contributed by atoms with Crippen LogP contribution in [0.25, 0.3) is 0 Å². The van der Waals surface area contributed by atoms with Crippen molar-refractivity contribution in [3.63, 3.8) is 0 Å². The summed E-state index contributed by atoms with van der Waals surface area (Å²) in [5.41, 5.74) is 0.983. The molecule has 1 amide bonds. The molecule has 0 spiro atoms. The number of aryl methyl sites for hydroxylation is 1. The molecule has 1 heterocycles. The lowest BCUT2D eigenvalue weighted by Crippen LogP contribution is -2.29. The third kappa shape index (κ3) is 6.52. The fraction of sp³-hybridized carbons (Fsp3) is 0.600. The third-order valence-corrected chi connectivity index (χ3v) is 3.04. The number of amides is 1. The van der Waals surface area contributed by atoms with Crippen molar-refractivity contribution in [2.75, 3.05) is 13.7 Å². The highest BCUT2D eigenvalue weighted by Gasteiger charge is 2.08. The first-order valence-corrected chi connectivity index (χ1v) is 6.94. The number of methoxy groups -OCH3 is 1. The van der Waals surface area contributed by atoms with Gasteiger partial charge in [-0.3, -0.25) is 9.78 Å². The Balaban J connectivity index is 2.29. The summed E-state index contributed by atoms with van der Waals surface area (Å²) in [6.45, 7) is 4.37. The first-order chi connectivity index (χ1) is 9.51. The van der Waals surface area contributed by atoms with Crippen LogP contribution in [-0.2, 0) is 11.2 Å². The zero-order valence-electron chi connectivity index (χ0n) is 12.4. The second-order valence-corrected chi connectivity index (χ2v) is 5.23. The van der Waals surface area contributed by atoms with E-state index in [2.05, 4.69) is 10.3 Å². The van der Waals surface area contributed by atoms with Gasteiger partial charge in [0, 0.05) is 19.2 Å². The summed E-state index contributed by atoms with van der Waals surface area (Å²) in [5, 5.41) is 12.1. The molecule has 0 saturated heterocycles. The molecule has 112 valence electrons. The number of aliphatic hydroxyl groups is 1. The van der Waals surface area contributed by atoms with Crippen molar-refractivity contribution in [3.05, 3.63) is 24.0 Å². The molecule has 0 aliphatic carbocycles.